The molecule has 0 fully saturated rings. The van der Waals surface area contributed by atoms with Crippen LogP contribution in [0.2, 0.25) is 5.02 Å². The third-order valence-corrected chi connectivity index (χ3v) is 2.94. The number of hydrogen-bond acceptors (Lipinski definition) is 3. The molecule has 0 saturated heterocycles. The third-order valence-electron chi connectivity index (χ3n) is 2.63. The van der Waals surface area contributed by atoms with E-state index >= 15 is 0 Å². The Hall–Kier alpha value is -1.55. The highest BCUT2D eigenvalue weighted by molar-refractivity contribution is 6.34. The van der Waals surface area contributed by atoms with E-state index in [0.717, 1.165) is 5.56 Å². The molecule has 1 atom stereocenters. The molecule has 0 spiro atoms. The van der Waals surface area contributed by atoms with E-state index in [9.17, 15) is 9.59 Å². The summed E-state index contributed by atoms with van der Waals surface area (Å²) in [7, 11) is 0. The van der Waals surface area contributed by atoms with Gasteiger partial charge in [-0.1, -0.05) is 23.7 Å². The standard InChI is InChI=1S/C12H12ClNO3/c1-2-17-10(15)6-9-7-4-3-5-8(13)11(7)12(16)14-9/h3-5,9H,2,6H2,1H3,(H,14,16). The molecule has 1 aliphatic heterocycles. The van der Waals surface area contributed by atoms with Crippen molar-refractivity contribution < 1.29 is 14.3 Å². The lowest BCUT2D eigenvalue weighted by Crippen LogP contribution is -2.22. The quantitative estimate of drug-likeness (QED) is 0.839. The molecule has 5 heteroatoms. The largest absolute Gasteiger partial charge is 0.466 e. The van der Waals surface area contributed by atoms with Gasteiger partial charge in [-0.25, -0.2) is 0 Å². The second-order valence-corrected chi connectivity index (χ2v) is 4.15. The van der Waals surface area contributed by atoms with Gasteiger partial charge < -0.3 is 10.1 Å². The zero-order valence-corrected chi connectivity index (χ0v) is 10.1. The first-order valence-corrected chi connectivity index (χ1v) is 5.76. The van der Waals surface area contributed by atoms with E-state index in [1.807, 2.05) is 0 Å². The molecule has 1 amide bonds. The number of rotatable bonds is 3. The molecule has 90 valence electrons. The molecule has 0 aliphatic carbocycles. The maximum atomic E-state index is 11.7. The maximum absolute atomic E-state index is 11.7. The monoisotopic (exact) mass is 253 g/mol. The van der Waals surface area contributed by atoms with Crippen molar-refractivity contribution >= 4 is 23.5 Å². The summed E-state index contributed by atoms with van der Waals surface area (Å²) in [6.45, 7) is 2.08. The molecule has 4 nitrogen and oxygen atoms in total. The van der Waals surface area contributed by atoms with Crippen LogP contribution in [0.4, 0.5) is 0 Å². The summed E-state index contributed by atoms with van der Waals surface area (Å²) in [6, 6.07) is 4.88. The number of amides is 1. The van der Waals surface area contributed by atoms with Crippen LogP contribution in [0.3, 0.4) is 0 Å². The average molecular weight is 254 g/mol. The zero-order valence-electron chi connectivity index (χ0n) is 9.33. The highest BCUT2D eigenvalue weighted by Gasteiger charge is 2.31. The van der Waals surface area contributed by atoms with Gasteiger partial charge >= 0.3 is 5.97 Å². The van der Waals surface area contributed by atoms with E-state index in [1.54, 1.807) is 25.1 Å². The van der Waals surface area contributed by atoms with E-state index < -0.39 is 0 Å². The maximum Gasteiger partial charge on any atom is 0.308 e. The van der Waals surface area contributed by atoms with Crippen molar-refractivity contribution in [3.8, 4) is 0 Å². The fourth-order valence-electron chi connectivity index (χ4n) is 1.93. The lowest BCUT2D eigenvalue weighted by Gasteiger charge is -2.10. The first-order chi connectivity index (χ1) is 8.13. The van der Waals surface area contributed by atoms with Crippen LogP contribution < -0.4 is 5.32 Å². The normalized spacial score (nSPS) is 17.5. The Morgan fingerprint density at radius 2 is 2.29 bits per heavy atom. The van der Waals surface area contributed by atoms with Crippen LogP contribution in [0.5, 0.6) is 0 Å². The van der Waals surface area contributed by atoms with Gasteiger partial charge in [0.05, 0.1) is 29.7 Å². The van der Waals surface area contributed by atoms with E-state index in [2.05, 4.69) is 5.32 Å². The fourth-order valence-corrected chi connectivity index (χ4v) is 2.19. The molecule has 1 aromatic carbocycles. The summed E-state index contributed by atoms with van der Waals surface area (Å²) in [5.74, 6) is -0.564. The number of nitrogens with one attached hydrogen (secondary N) is 1. The molecule has 1 heterocycles. The second-order valence-electron chi connectivity index (χ2n) is 3.74. The van der Waals surface area contributed by atoms with Gasteiger partial charge in [-0.3, -0.25) is 9.59 Å². The Bertz CT molecular complexity index is 473. The van der Waals surface area contributed by atoms with Gasteiger partial charge in [-0.2, -0.15) is 0 Å². The molecule has 1 unspecified atom stereocenters. The summed E-state index contributed by atoms with van der Waals surface area (Å²) < 4.78 is 4.86. The molecule has 1 N–H and O–H groups in total. The molecule has 1 aromatic rings. The van der Waals surface area contributed by atoms with Crippen molar-refractivity contribution in [1.82, 2.24) is 5.32 Å². The third kappa shape index (κ3) is 2.26. The number of hydrogen-bond donors (Lipinski definition) is 1. The molecule has 2 rings (SSSR count). The minimum absolute atomic E-state index is 0.132. The van der Waals surface area contributed by atoms with Gasteiger partial charge in [0.2, 0.25) is 0 Å². The molecule has 0 saturated carbocycles. The number of carbonyl (C=O) groups excluding carboxylic acids is 2. The number of ether oxygens (including phenoxy) is 1. The van der Waals surface area contributed by atoms with E-state index in [1.165, 1.54) is 0 Å². The highest BCUT2D eigenvalue weighted by Crippen LogP contribution is 2.32. The van der Waals surface area contributed by atoms with Crippen molar-refractivity contribution in [2.24, 2.45) is 0 Å². The fraction of sp³-hybridized carbons (Fsp3) is 0.333. The lowest BCUT2D eigenvalue weighted by molar-refractivity contribution is -0.143. The number of carbonyl (C=O) groups is 2. The van der Waals surface area contributed by atoms with Crippen molar-refractivity contribution in [2.45, 2.75) is 19.4 Å². The Morgan fingerprint density at radius 1 is 1.53 bits per heavy atom. The molecule has 0 bridgehead atoms. The second kappa shape index (κ2) is 4.75. The molecule has 0 radical (unpaired) electrons. The summed E-state index contributed by atoms with van der Waals surface area (Å²) in [5.41, 5.74) is 1.22. The molecular weight excluding hydrogens is 242 g/mol. The number of fused-ring (bicyclic) bond motifs is 1. The predicted molar refractivity (Wildman–Crippen MR) is 62.9 cm³/mol. The van der Waals surface area contributed by atoms with Crippen molar-refractivity contribution in [1.29, 1.82) is 0 Å². The van der Waals surface area contributed by atoms with E-state index in [-0.39, 0.29) is 24.3 Å². The van der Waals surface area contributed by atoms with Gasteiger partial charge in [0.25, 0.3) is 5.91 Å². The van der Waals surface area contributed by atoms with Gasteiger partial charge in [-0.05, 0) is 18.6 Å². The summed E-state index contributed by atoms with van der Waals surface area (Å²) in [4.78, 5) is 23.1. The molecular formula is C12H12ClNO3. The average Bonchev–Trinajstić information content (AvgIpc) is 2.57. The topological polar surface area (TPSA) is 55.4 Å². The SMILES string of the molecule is CCOC(=O)CC1NC(=O)c2c(Cl)cccc21. The predicted octanol–water partition coefficient (Wildman–Crippen LogP) is 2.08. The molecule has 0 aromatic heterocycles. The zero-order chi connectivity index (χ0) is 12.4. The van der Waals surface area contributed by atoms with Crippen molar-refractivity contribution in [2.75, 3.05) is 6.61 Å². The van der Waals surface area contributed by atoms with Gasteiger partial charge in [0.15, 0.2) is 0 Å². The smallest absolute Gasteiger partial charge is 0.308 e. The Balaban J connectivity index is 2.23. The summed E-state index contributed by atoms with van der Waals surface area (Å²) >= 11 is 5.95. The van der Waals surface area contributed by atoms with Crippen LogP contribution in [0, 0.1) is 0 Å². The van der Waals surface area contributed by atoms with Crippen LogP contribution in [0.15, 0.2) is 18.2 Å². The summed E-state index contributed by atoms with van der Waals surface area (Å²) in [6.07, 6.45) is 0.132. The van der Waals surface area contributed by atoms with Crippen LogP contribution in [-0.4, -0.2) is 18.5 Å². The van der Waals surface area contributed by atoms with Crippen LogP contribution in [0.25, 0.3) is 0 Å². The van der Waals surface area contributed by atoms with E-state index in [0.29, 0.717) is 17.2 Å². The van der Waals surface area contributed by atoms with Crippen LogP contribution in [0.1, 0.15) is 35.3 Å². The Labute approximate surface area is 104 Å². The molecule has 17 heavy (non-hydrogen) atoms. The Kier molecular flexibility index (Phi) is 3.33. The van der Waals surface area contributed by atoms with Crippen LogP contribution in [-0.2, 0) is 9.53 Å². The lowest BCUT2D eigenvalue weighted by atomic mass is 10.0. The number of halogens is 1. The van der Waals surface area contributed by atoms with Gasteiger partial charge in [0.1, 0.15) is 0 Å². The highest BCUT2D eigenvalue weighted by atomic mass is 35.5. The number of benzene rings is 1. The van der Waals surface area contributed by atoms with Crippen molar-refractivity contribution in [3.05, 3.63) is 34.3 Å². The Morgan fingerprint density at radius 3 is 3.00 bits per heavy atom. The van der Waals surface area contributed by atoms with Gasteiger partial charge in [-0.15, -0.1) is 0 Å². The first kappa shape index (κ1) is 11.9. The van der Waals surface area contributed by atoms with Gasteiger partial charge in [0, 0.05) is 0 Å². The van der Waals surface area contributed by atoms with E-state index in [4.69, 9.17) is 16.3 Å². The number of esters is 1. The minimum atomic E-state index is -0.338. The van der Waals surface area contributed by atoms with Crippen molar-refractivity contribution in [3.63, 3.8) is 0 Å². The molecule has 1 aliphatic rings. The first-order valence-electron chi connectivity index (χ1n) is 5.38. The minimum Gasteiger partial charge on any atom is -0.466 e. The summed E-state index contributed by atoms with van der Waals surface area (Å²) in [5, 5.41) is 3.13. The van der Waals surface area contributed by atoms with Crippen LogP contribution >= 0.6 is 11.6 Å².